The van der Waals surface area contributed by atoms with Crippen molar-refractivity contribution in [1.82, 2.24) is 0 Å². The molecule has 0 bridgehead atoms. The summed E-state index contributed by atoms with van der Waals surface area (Å²) in [5, 5.41) is 13.7. The minimum absolute atomic E-state index is 0.000806. The monoisotopic (exact) mass is 308 g/mol. The second-order valence-electron chi connectivity index (χ2n) is 5.12. The van der Waals surface area contributed by atoms with Crippen molar-refractivity contribution in [3.63, 3.8) is 0 Å². The van der Waals surface area contributed by atoms with Crippen LogP contribution < -0.4 is 5.32 Å². The Morgan fingerprint density at radius 2 is 2.23 bits per heavy atom. The Morgan fingerprint density at radius 1 is 1.41 bits per heavy atom. The summed E-state index contributed by atoms with van der Waals surface area (Å²) in [6, 6.07) is 6.33. The second kappa shape index (κ2) is 8.33. The lowest BCUT2D eigenvalue weighted by Crippen LogP contribution is -2.26. The molecule has 1 atom stereocenters. The summed E-state index contributed by atoms with van der Waals surface area (Å²) in [5.41, 5.74) is 0.391. The quantitative estimate of drug-likeness (QED) is 0.473. The van der Waals surface area contributed by atoms with E-state index in [2.05, 4.69) is 5.32 Å². The predicted molar refractivity (Wildman–Crippen MR) is 80.8 cm³/mol. The molecule has 1 N–H and O–H groups in total. The molecule has 0 spiro atoms. The number of nitro groups is 1. The van der Waals surface area contributed by atoms with Crippen LogP contribution in [-0.2, 0) is 14.3 Å². The zero-order valence-electron chi connectivity index (χ0n) is 12.3. The van der Waals surface area contributed by atoms with E-state index in [0.29, 0.717) is 5.69 Å². The van der Waals surface area contributed by atoms with E-state index in [4.69, 9.17) is 9.47 Å². The van der Waals surface area contributed by atoms with E-state index in [1.165, 1.54) is 6.07 Å². The number of anilines is 1. The van der Waals surface area contributed by atoms with Gasteiger partial charge in [0, 0.05) is 19.2 Å². The highest BCUT2D eigenvalue weighted by Gasteiger charge is 2.16. The van der Waals surface area contributed by atoms with Gasteiger partial charge in [0.25, 0.3) is 5.69 Å². The zero-order chi connectivity index (χ0) is 15.8. The van der Waals surface area contributed by atoms with Crippen LogP contribution in [0.5, 0.6) is 0 Å². The van der Waals surface area contributed by atoms with E-state index < -0.39 is 4.92 Å². The highest BCUT2D eigenvalue weighted by atomic mass is 16.6. The summed E-state index contributed by atoms with van der Waals surface area (Å²) in [6.45, 7) is 1.29. The van der Waals surface area contributed by atoms with Crippen LogP contribution in [0.2, 0.25) is 0 Å². The molecule has 0 aliphatic carbocycles. The number of nitrogens with one attached hydrogen (secondary N) is 1. The average Bonchev–Trinajstić information content (AvgIpc) is 2.54. The van der Waals surface area contributed by atoms with Gasteiger partial charge >= 0.3 is 5.97 Å². The first kappa shape index (κ1) is 16.2. The Balaban J connectivity index is 1.69. The number of carbonyl (C=O) groups excluding carboxylic acids is 1. The molecule has 22 heavy (non-hydrogen) atoms. The number of ether oxygens (including phenoxy) is 2. The molecule has 0 radical (unpaired) electrons. The molecule has 1 aliphatic rings. The molecule has 0 saturated carbocycles. The van der Waals surface area contributed by atoms with Crippen LogP contribution in [0.3, 0.4) is 0 Å². The fourth-order valence-corrected chi connectivity index (χ4v) is 2.28. The number of rotatable bonds is 7. The van der Waals surface area contributed by atoms with Crippen LogP contribution in [0.15, 0.2) is 24.3 Å². The van der Waals surface area contributed by atoms with Crippen molar-refractivity contribution in [2.45, 2.75) is 31.8 Å². The lowest BCUT2D eigenvalue weighted by molar-refractivity contribution is -0.384. The number of hydrogen-bond acceptors (Lipinski definition) is 6. The summed E-state index contributed by atoms with van der Waals surface area (Å²) < 4.78 is 10.6. The van der Waals surface area contributed by atoms with Gasteiger partial charge in [0.05, 0.1) is 17.4 Å². The standard InChI is InChI=1S/C15H20N2O5/c18-15(22-11-12-5-3-4-10-21-12)8-9-16-13-6-1-2-7-14(13)17(19)20/h1-2,6-7,12,16H,3-5,8-11H2. The van der Waals surface area contributed by atoms with Gasteiger partial charge in [-0.25, -0.2) is 0 Å². The van der Waals surface area contributed by atoms with Crippen molar-refractivity contribution in [2.24, 2.45) is 0 Å². The summed E-state index contributed by atoms with van der Waals surface area (Å²) in [7, 11) is 0. The summed E-state index contributed by atoms with van der Waals surface area (Å²) >= 11 is 0. The summed E-state index contributed by atoms with van der Waals surface area (Å²) in [4.78, 5) is 22.0. The maximum absolute atomic E-state index is 11.6. The van der Waals surface area contributed by atoms with E-state index in [1.54, 1.807) is 18.2 Å². The molecular formula is C15H20N2O5. The number of para-hydroxylation sites is 2. The van der Waals surface area contributed by atoms with Gasteiger partial charge in [-0.05, 0) is 25.3 Å². The molecule has 2 rings (SSSR count). The summed E-state index contributed by atoms with van der Waals surface area (Å²) in [5.74, 6) is -0.333. The van der Waals surface area contributed by atoms with E-state index in [0.717, 1.165) is 25.9 Å². The first-order valence-electron chi connectivity index (χ1n) is 7.41. The first-order valence-corrected chi connectivity index (χ1v) is 7.41. The number of benzene rings is 1. The van der Waals surface area contributed by atoms with Crippen LogP contribution in [0.4, 0.5) is 11.4 Å². The number of esters is 1. The molecule has 1 saturated heterocycles. The molecule has 1 aromatic rings. The van der Waals surface area contributed by atoms with Gasteiger partial charge in [-0.2, -0.15) is 0 Å². The second-order valence-corrected chi connectivity index (χ2v) is 5.12. The van der Waals surface area contributed by atoms with Crippen LogP contribution in [0.1, 0.15) is 25.7 Å². The van der Waals surface area contributed by atoms with Crippen molar-refractivity contribution < 1.29 is 19.2 Å². The van der Waals surface area contributed by atoms with Crippen LogP contribution >= 0.6 is 0 Å². The zero-order valence-corrected chi connectivity index (χ0v) is 12.3. The molecule has 0 amide bonds. The number of nitro benzene ring substituents is 1. The topological polar surface area (TPSA) is 90.7 Å². The highest BCUT2D eigenvalue weighted by Crippen LogP contribution is 2.22. The molecule has 1 aromatic carbocycles. The van der Waals surface area contributed by atoms with E-state index in [9.17, 15) is 14.9 Å². The van der Waals surface area contributed by atoms with Gasteiger partial charge < -0.3 is 14.8 Å². The maximum Gasteiger partial charge on any atom is 0.307 e. The van der Waals surface area contributed by atoms with Crippen molar-refractivity contribution in [1.29, 1.82) is 0 Å². The number of carbonyl (C=O) groups is 1. The molecule has 1 fully saturated rings. The third-order valence-electron chi connectivity index (χ3n) is 3.45. The third kappa shape index (κ3) is 5.00. The van der Waals surface area contributed by atoms with E-state index >= 15 is 0 Å². The van der Waals surface area contributed by atoms with Crippen LogP contribution in [0, 0.1) is 10.1 Å². The van der Waals surface area contributed by atoms with Crippen molar-refractivity contribution in [3.05, 3.63) is 34.4 Å². The smallest absolute Gasteiger partial charge is 0.307 e. The molecule has 0 aromatic heterocycles. The van der Waals surface area contributed by atoms with E-state index in [1.807, 2.05) is 0 Å². The Hall–Kier alpha value is -2.15. The molecule has 1 unspecified atom stereocenters. The maximum atomic E-state index is 11.6. The number of hydrogen-bond donors (Lipinski definition) is 1. The first-order chi connectivity index (χ1) is 10.7. The van der Waals surface area contributed by atoms with Gasteiger partial charge in [-0.3, -0.25) is 14.9 Å². The van der Waals surface area contributed by atoms with Crippen LogP contribution in [-0.4, -0.2) is 36.8 Å². The Labute approximate surface area is 128 Å². The molecule has 1 heterocycles. The minimum atomic E-state index is -0.457. The number of nitrogens with zero attached hydrogens (tertiary/aromatic N) is 1. The van der Waals surface area contributed by atoms with Crippen molar-refractivity contribution in [2.75, 3.05) is 25.1 Å². The van der Waals surface area contributed by atoms with Gasteiger partial charge in [-0.15, -0.1) is 0 Å². The fourth-order valence-electron chi connectivity index (χ4n) is 2.28. The molecule has 120 valence electrons. The Bertz CT molecular complexity index is 514. The van der Waals surface area contributed by atoms with E-state index in [-0.39, 0.29) is 37.3 Å². The largest absolute Gasteiger partial charge is 0.463 e. The van der Waals surface area contributed by atoms with Crippen molar-refractivity contribution >= 4 is 17.3 Å². The third-order valence-corrected chi connectivity index (χ3v) is 3.45. The SMILES string of the molecule is O=C(CCNc1ccccc1[N+](=O)[O-])OCC1CCCCO1. The highest BCUT2D eigenvalue weighted by molar-refractivity contribution is 5.70. The lowest BCUT2D eigenvalue weighted by atomic mass is 10.1. The molecule has 7 nitrogen and oxygen atoms in total. The molecule has 7 heteroatoms. The molecule has 1 aliphatic heterocycles. The van der Waals surface area contributed by atoms with Crippen molar-refractivity contribution in [3.8, 4) is 0 Å². The Morgan fingerprint density at radius 3 is 2.95 bits per heavy atom. The van der Waals surface area contributed by atoms with Crippen LogP contribution in [0.25, 0.3) is 0 Å². The molecular weight excluding hydrogens is 288 g/mol. The minimum Gasteiger partial charge on any atom is -0.463 e. The van der Waals surface area contributed by atoms with Gasteiger partial charge in [-0.1, -0.05) is 12.1 Å². The fraction of sp³-hybridized carbons (Fsp3) is 0.533. The average molecular weight is 308 g/mol. The van der Waals surface area contributed by atoms with Gasteiger partial charge in [0.2, 0.25) is 0 Å². The van der Waals surface area contributed by atoms with Gasteiger partial charge in [0.1, 0.15) is 12.3 Å². The summed E-state index contributed by atoms with van der Waals surface area (Å²) in [6.07, 6.45) is 3.23. The van der Waals surface area contributed by atoms with Gasteiger partial charge in [0.15, 0.2) is 0 Å². The lowest BCUT2D eigenvalue weighted by Gasteiger charge is -2.22. The predicted octanol–water partition coefficient (Wildman–Crippen LogP) is 2.51. The Kier molecular flexibility index (Phi) is 6.14. The normalized spacial score (nSPS) is 17.7.